The fraction of sp³-hybridized carbons (Fsp3) is 0.839. The zero-order chi connectivity index (χ0) is 28.0. The van der Waals surface area contributed by atoms with Crippen molar-refractivity contribution in [1.82, 2.24) is 0 Å². The van der Waals surface area contributed by atoms with E-state index in [0.717, 1.165) is 25.7 Å². The highest BCUT2D eigenvalue weighted by molar-refractivity contribution is 6.74. The van der Waals surface area contributed by atoms with Gasteiger partial charge in [0.15, 0.2) is 22.4 Å². The van der Waals surface area contributed by atoms with E-state index in [0.29, 0.717) is 12.3 Å². The molecule has 0 aromatic heterocycles. The zero-order valence-electron chi connectivity index (χ0n) is 25.7. The van der Waals surface area contributed by atoms with Crippen molar-refractivity contribution in [2.45, 2.75) is 142 Å². The third-order valence-corrected chi connectivity index (χ3v) is 20.9. The first-order chi connectivity index (χ1) is 16.6. The molecule has 3 fully saturated rings. The maximum atomic E-state index is 13.0. The summed E-state index contributed by atoms with van der Waals surface area (Å²) in [4.78, 5) is 13.0. The number of hydrogen-bond acceptors (Lipinski definition) is 4. The van der Waals surface area contributed by atoms with Crippen molar-refractivity contribution in [3.63, 3.8) is 0 Å². The highest BCUT2D eigenvalue weighted by atomic mass is 28.4. The lowest BCUT2D eigenvalue weighted by molar-refractivity contribution is -0.133. The quantitative estimate of drug-likeness (QED) is 0.366. The number of aliphatic hydroxyl groups excluding tert-OH is 1. The lowest BCUT2D eigenvalue weighted by Crippen LogP contribution is -2.58. The number of Topliss-reactive ketones (excluding diaryl/α,β-unsaturated/α-hetero) is 1. The number of allylic oxidation sites excluding steroid dienone is 3. The van der Waals surface area contributed by atoms with Crippen LogP contribution in [0, 0.1) is 22.7 Å². The second kappa shape index (κ2) is 8.99. The summed E-state index contributed by atoms with van der Waals surface area (Å²) in [6.07, 6.45) is 8.43. The minimum Gasteiger partial charge on any atom is -0.414 e. The van der Waals surface area contributed by atoms with Gasteiger partial charge in [-0.1, -0.05) is 78.7 Å². The molecule has 37 heavy (non-hydrogen) atoms. The van der Waals surface area contributed by atoms with Gasteiger partial charge in [-0.3, -0.25) is 4.79 Å². The molecule has 4 aliphatic rings. The predicted molar refractivity (Wildman–Crippen MR) is 158 cm³/mol. The molecule has 1 N–H and O–H groups in total. The Labute approximate surface area is 228 Å². The van der Waals surface area contributed by atoms with Crippen LogP contribution < -0.4 is 0 Å². The lowest BCUT2D eigenvalue weighted by atomic mass is 9.50. The molecule has 6 heteroatoms. The second-order valence-electron chi connectivity index (χ2n) is 16.1. The van der Waals surface area contributed by atoms with Crippen molar-refractivity contribution in [3.8, 4) is 0 Å². The van der Waals surface area contributed by atoms with Gasteiger partial charge >= 0.3 is 0 Å². The Hall–Kier alpha value is -0.536. The minimum absolute atomic E-state index is 0.0531. The number of carbonyl (C=O) groups is 1. The summed E-state index contributed by atoms with van der Waals surface area (Å²) >= 11 is 0. The molecule has 3 saturated carbocycles. The van der Waals surface area contributed by atoms with E-state index in [1.165, 1.54) is 11.1 Å². The molecule has 0 amide bonds. The number of ketones is 1. The Balaban J connectivity index is 1.75. The molecule has 210 valence electrons. The van der Waals surface area contributed by atoms with E-state index in [-0.39, 0.29) is 39.4 Å². The molecule has 4 aliphatic carbocycles. The normalized spacial score (nSPS) is 38.9. The van der Waals surface area contributed by atoms with E-state index in [1.807, 2.05) is 0 Å². The van der Waals surface area contributed by atoms with E-state index < -0.39 is 28.2 Å². The maximum absolute atomic E-state index is 13.0. The Bertz CT molecular complexity index is 998. The van der Waals surface area contributed by atoms with Gasteiger partial charge in [-0.05, 0) is 80.2 Å². The first kappa shape index (κ1) is 29.4. The van der Waals surface area contributed by atoms with Crippen LogP contribution in [0.5, 0.6) is 0 Å². The second-order valence-corrected chi connectivity index (χ2v) is 25.6. The number of rotatable bonds is 4. The van der Waals surface area contributed by atoms with Crippen LogP contribution in [0.4, 0.5) is 0 Å². The van der Waals surface area contributed by atoms with Crippen molar-refractivity contribution in [1.29, 1.82) is 0 Å². The molecular weight excluding hydrogens is 493 g/mol. The molecule has 0 radical (unpaired) electrons. The monoisotopic (exact) mass is 546 g/mol. The summed E-state index contributed by atoms with van der Waals surface area (Å²) < 4.78 is 14.4. The molecule has 0 aromatic carbocycles. The summed E-state index contributed by atoms with van der Waals surface area (Å²) in [7, 11) is -3.97. The Morgan fingerprint density at radius 3 is 2.03 bits per heavy atom. The number of hydrogen-bond donors (Lipinski definition) is 1. The molecular formula is C31H54O4Si2. The molecule has 0 unspecified atom stereocenters. The summed E-state index contributed by atoms with van der Waals surface area (Å²) in [6.45, 7) is 28.0. The van der Waals surface area contributed by atoms with Gasteiger partial charge in [0, 0.05) is 10.8 Å². The Morgan fingerprint density at radius 1 is 0.892 bits per heavy atom. The van der Waals surface area contributed by atoms with Gasteiger partial charge in [0.25, 0.3) is 0 Å². The zero-order valence-corrected chi connectivity index (χ0v) is 27.7. The summed E-state index contributed by atoms with van der Waals surface area (Å²) in [6, 6.07) is 0. The number of aliphatic hydroxyl groups is 1. The summed E-state index contributed by atoms with van der Waals surface area (Å²) in [5.74, 6) is 0.544. The fourth-order valence-electron chi connectivity index (χ4n) is 7.19. The van der Waals surface area contributed by atoms with Gasteiger partial charge < -0.3 is 14.0 Å². The van der Waals surface area contributed by atoms with Crippen molar-refractivity contribution < 1.29 is 18.8 Å². The van der Waals surface area contributed by atoms with Gasteiger partial charge in [0.2, 0.25) is 0 Å². The van der Waals surface area contributed by atoms with Crippen LogP contribution >= 0.6 is 0 Å². The highest BCUT2D eigenvalue weighted by Gasteiger charge is 2.62. The van der Waals surface area contributed by atoms with E-state index in [1.54, 1.807) is 0 Å². The molecule has 4 rings (SSSR count). The summed E-state index contributed by atoms with van der Waals surface area (Å²) in [5.41, 5.74) is 2.32. The molecule has 0 aliphatic heterocycles. The van der Waals surface area contributed by atoms with Crippen LogP contribution in [0.2, 0.25) is 36.3 Å². The molecule has 0 spiro atoms. The topological polar surface area (TPSA) is 55.8 Å². The van der Waals surface area contributed by atoms with Gasteiger partial charge in [-0.2, -0.15) is 0 Å². The standard InChI is InChI=1S/C31H54O4Si2/c1-28(2,3)36(9,10)34-21-17-20-13-14-22-23(15-16-30(7)24(22)19-25(32)27(30)33)31(20,8)26(18-21)35-37(11,12)29(4,5)6/h13-14,21,23-26,32H,15-19H2,1-12H3/t21-,23+,24+,25-,26+,30+,31+/m1/s1. The SMILES string of the molecule is CC(C)(C)[Si](C)(C)O[C@@H]1CC2=CC=C3[C@H](CC[C@]4(C)C(=O)[C@H](O)C[C@@H]34)[C@@]2(C)[C@@H](O[Si](C)(C)C(C)(C)C)C1. The Morgan fingerprint density at radius 2 is 1.46 bits per heavy atom. The third-order valence-electron chi connectivity index (χ3n) is 11.8. The van der Waals surface area contributed by atoms with Crippen molar-refractivity contribution in [3.05, 3.63) is 23.3 Å². The van der Waals surface area contributed by atoms with Gasteiger partial charge in [-0.15, -0.1) is 0 Å². The molecule has 0 aromatic rings. The van der Waals surface area contributed by atoms with Crippen LogP contribution in [0.15, 0.2) is 23.3 Å². The van der Waals surface area contributed by atoms with Crippen LogP contribution in [0.1, 0.15) is 87.5 Å². The van der Waals surface area contributed by atoms with Gasteiger partial charge in [0.05, 0.1) is 12.2 Å². The first-order valence-corrected chi connectivity index (χ1v) is 20.5. The molecule has 0 bridgehead atoms. The Kier molecular flexibility index (Phi) is 7.15. The van der Waals surface area contributed by atoms with Crippen LogP contribution in [0.25, 0.3) is 0 Å². The molecule has 7 atom stereocenters. The average Bonchev–Trinajstić information content (AvgIpc) is 2.96. The van der Waals surface area contributed by atoms with Gasteiger partial charge in [0.1, 0.15) is 6.10 Å². The lowest BCUT2D eigenvalue weighted by Gasteiger charge is -2.58. The summed E-state index contributed by atoms with van der Waals surface area (Å²) in [5, 5.41) is 10.9. The largest absolute Gasteiger partial charge is 0.414 e. The number of fused-ring (bicyclic) bond motifs is 5. The number of carbonyl (C=O) groups excluding carboxylic acids is 1. The highest BCUT2D eigenvalue weighted by Crippen LogP contribution is 2.63. The van der Waals surface area contributed by atoms with Crippen molar-refractivity contribution >= 4 is 22.4 Å². The third kappa shape index (κ3) is 4.65. The van der Waals surface area contributed by atoms with Crippen molar-refractivity contribution in [2.75, 3.05) is 0 Å². The van der Waals surface area contributed by atoms with E-state index in [9.17, 15) is 9.90 Å². The average molecular weight is 547 g/mol. The maximum Gasteiger partial charge on any atom is 0.192 e. The minimum atomic E-state index is -2.05. The van der Waals surface area contributed by atoms with Crippen molar-refractivity contribution in [2.24, 2.45) is 22.7 Å². The fourth-order valence-corrected chi connectivity index (χ4v) is 9.97. The van der Waals surface area contributed by atoms with E-state index in [4.69, 9.17) is 8.85 Å². The van der Waals surface area contributed by atoms with Crippen LogP contribution in [-0.2, 0) is 13.6 Å². The van der Waals surface area contributed by atoms with E-state index in [2.05, 4.69) is 93.7 Å². The first-order valence-electron chi connectivity index (χ1n) is 14.6. The molecule has 0 saturated heterocycles. The molecule has 0 heterocycles. The predicted octanol–water partition coefficient (Wildman–Crippen LogP) is 7.80. The molecule has 4 nitrogen and oxygen atoms in total. The smallest absolute Gasteiger partial charge is 0.192 e. The van der Waals surface area contributed by atoms with Crippen LogP contribution in [0.3, 0.4) is 0 Å². The van der Waals surface area contributed by atoms with Crippen LogP contribution in [-0.4, -0.2) is 45.8 Å². The van der Waals surface area contributed by atoms with Gasteiger partial charge in [-0.25, -0.2) is 0 Å². The van der Waals surface area contributed by atoms with E-state index >= 15 is 0 Å².